The first-order valence-electron chi connectivity index (χ1n) is 6.70. The van der Waals surface area contributed by atoms with Crippen LogP contribution >= 0.6 is 0 Å². The predicted octanol–water partition coefficient (Wildman–Crippen LogP) is 2.46. The highest BCUT2D eigenvalue weighted by Gasteiger charge is 2.16. The molecule has 0 saturated heterocycles. The second-order valence-corrected chi connectivity index (χ2v) is 4.31. The number of urea groups is 1. The van der Waals surface area contributed by atoms with E-state index in [4.69, 9.17) is 9.84 Å². The molecule has 0 bridgehead atoms. The lowest BCUT2D eigenvalue weighted by atomic mass is 10.1. The number of nitrogens with one attached hydrogen (secondary N) is 2. The average Bonchev–Trinajstić information content (AvgIpc) is 2.42. The molecular formula is C14H19FN2O4. The Labute approximate surface area is 122 Å². The number of carboxylic acids is 1. The maximum absolute atomic E-state index is 13.4. The normalized spacial score (nSPS) is 10.2. The molecule has 0 atom stereocenters. The van der Waals surface area contributed by atoms with Crippen LogP contribution in [0, 0.1) is 5.82 Å². The number of benzene rings is 1. The molecule has 0 aliphatic carbocycles. The van der Waals surface area contributed by atoms with Gasteiger partial charge in [-0.3, -0.25) is 0 Å². The molecule has 21 heavy (non-hydrogen) atoms. The number of ether oxygens (including phenoxy) is 1. The Balaban J connectivity index is 2.45. The van der Waals surface area contributed by atoms with Crippen LogP contribution in [0.5, 0.6) is 0 Å². The highest BCUT2D eigenvalue weighted by Crippen LogP contribution is 2.18. The molecular weight excluding hydrogens is 279 g/mol. The number of carbonyl (C=O) groups is 2. The highest BCUT2D eigenvalue weighted by molar-refractivity contribution is 6.00. The fraction of sp³-hybridized carbons (Fsp3) is 0.429. The van der Waals surface area contributed by atoms with Gasteiger partial charge < -0.3 is 20.5 Å². The third kappa shape index (κ3) is 5.78. The molecule has 3 N–H and O–H groups in total. The van der Waals surface area contributed by atoms with Crippen molar-refractivity contribution in [3.63, 3.8) is 0 Å². The Hall–Kier alpha value is -2.15. The van der Waals surface area contributed by atoms with Gasteiger partial charge in [0.15, 0.2) is 0 Å². The molecule has 1 aromatic rings. The Bertz CT molecular complexity index is 494. The number of aromatic carboxylic acids is 1. The minimum Gasteiger partial charge on any atom is -0.478 e. The first-order chi connectivity index (χ1) is 10.1. The fourth-order valence-electron chi connectivity index (χ4n) is 1.63. The third-order valence-corrected chi connectivity index (χ3v) is 2.58. The minimum absolute atomic E-state index is 0.0813. The molecule has 0 radical (unpaired) electrons. The van der Waals surface area contributed by atoms with Crippen molar-refractivity contribution in [1.29, 1.82) is 0 Å². The Morgan fingerprint density at radius 3 is 2.76 bits per heavy atom. The zero-order valence-electron chi connectivity index (χ0n) is 11.8. The van der Waals surface area contributed by atoms with Gasteiger partial charge in [0, 0.05) is 19.8 Å². The molecule has 1 aromatic carbocycles. The zero-order chi connectivity index (χ0) is 15.7. The van der Waals surface area contributed by atoms with Gasteiger partial charge in [-0.05, 0) is 25.0 Å². The average molecular weight is 298 g/mol. The van der Waals surface area contributed by atoms with Crippen LogP contribution in [0.4, 0.5) is 14.9 Å². The molecule has 0 saturated carbocycles. The maximum Gasteiger partial charge on any atom is 0.340 e. The van der Waals surface area contributed by atoms with Crippen LogP contribution in [0.15, 0.2) is 18.2 Å². The van der Waals surface area contributed by atoms with E-state index in [1.54, 1.807) is 0 Å². The molecule has 0 fully saturated rings. The van der Waals surface area contributed by atoms with Gasteiger partial charge in [-0.25, -0.2) is 14.0 Å². The molecule has 0 unspecified atom stereocenters. The van der Waals surface area contributed by atoms with Crippen LogP contribution in [-0.4, -0.2) is 36.9 Å². The van der Waals surface area contributed by atoms with Gasteiger partial charge in [-0.15, -0.1) is 0 Å². The number of rotatable bonds is 8. The van der Waals surface area contributed by atoms with Gasteiger partial charge in [0.25, 0.3) is 0 Å². The Morgan fingerprint density at radius 1 is 1.33 bits per heavy atom. The molecule has 116 valence electrons. The predicted molar refractivity (Wildman–Crippen MR) is 76.1 cm³/mol. The van der Waals surface area contributed by atoms with Gasteiger partial charge in [0.2, 0.25) is 0 Å². The van der Waals surface area contributed by atoms with E-state index in [2.05, 4.69) is 10.6 Å². The van der Waals surface area contributed by atoms with E-state index in [-0.39, 0.29) is 5.69 Å². The number of amides is 2. The van der Waals surface area contributed by atoms with Crippen LogP contribution in [0.2, 0.25) is 0 Å². The Kier molecular flexibility index (Phi) is 7.17. The lowest BCUT2D eigenvalue weighted by Crippen LogP contribution is -2.30. The molecule has 0 spiro atoms. The van der Waals surface area contributed by atoms with Crippen molar-refractivity contribution in [3.8, 4) is 0 Å². The van der Waals surface area contributed by atoms with Gasteiger partial charge in [-0.1, -0.05) is 13.0 Å². The summed E-state index contributed by atoms with van der Waals surface area (Å²) in [5.74, 6) is -2.33. The monoisotopic (exact) mass is 298 g/mol. The summed E-state index contributed by atoms with van der Waals surface area (Å²) in [5, 5.41) is 13.8. The van der Waals surface area contributed by atoms with Crippen LogP contribution in [0.3, 0.4) is 0 Å². The number of anilines is 1. The molecule has 0 heterocycles. The van der Waals surface area contributed by atoms with Crippen molar-refractivity contribution in [1.82, 2.24) is 5.32 Å². The number of carbonyl (C=O) groups excluding carboxylic acids is 1. The second-order valence-electron chi connectivity index (χ2n) is 4.31. The fourth-order valence-corrected chi connectivity index (χ4v) is 1.63. The van der Waals surface area contributed by atoms with E-state index in [1.807, 2.05) is 6.92 Å². The van der Waals surface area contributed by atoms with Gasteiger partial charge >= 0.3 is 12.0 Å². The summed E-state index contributed by atoms with van der Waals surface area (Å²) in [6.45, 7) is 3.60. The van der Waals surface area contributed by atoms with Crippen LogP contribution in [-0.2, 0) is 4.74 Å². The number of carboxylic acid groups (broad SMARTS) is 1. The second kappa shape index (κ2) is 8.91. The molecule has 0 aliphatic rings. The van der Waals surface area contributed by atoms with E-state index in [1.165, 1.54) is 12.1 Å². The summed E-state index contributed by atoms with van der Waals surface area (Å²) in [5.41, 5.74) is -0.638. The molecule has 0 aliphatic heterocycles. The van der Waals surface area contributed by atoms with Gasteiger partial charge in [-0.2, -0.15) is 0 Å². The van der Waals surface area contributed by atoms with E-state index in [0.717, 1.165) is 12.5 Å². The first kappa shape index (κ1) is 16.9. The summed E-state index contributed by atoms with van der Waals surface area (Å²) in [4.78, 5) is 22.6. The zero-order valence-corrected chi connectivity index (χ0v) is 11.8. The molecule has 7 heteroatoms. The van der Waals surface area contributed by atoms with E-state index in [9.17, 15) is 14.0 Å². The third-order valence-electron chi connectivity index (χ3n) is 2.58. The summed E-state index contributed by atoms with van der Waals surface area (Å²) < 4.78 is 18.7. The largest absolute Gasteiger partial charge is 0.478 e. The summed E-state index contributed by atoms with van der Waals surface area (Å²) >= 11 is 0. The topological polar surface area (TPSA) is 87.7 Å². The highest BCUT2D eigenvalue weighted by atomic mass is 19.1. The number of hydrogen-bond donors (Lipinski definition) is 3. The smallest absolute Gasteiger partial charge is 0.340 e. The quantitative estimate of drug-likeness (QED) is 0.643. The first-order valence-corrected chi connectivity index (χ1v) is 6.70. The van der Waals surface area contributed by atoms with Crippen molar-refractivity contribution in [2.45, 2.75) is 19.8 Å². The van der Waals surface area contributed by atoms with E-state index >= 15 is 0 Å². The Morgan fingerprint density at radius 2 is 2.10 bits per heavy atom. The van der Waals surface area contributed by atoms with Crippen LogP contribution in [0.1, 0.15) is 30.1 Å². The molecule has 2 amide bonds. The molecule has 6 nitrogen and oxygen atoms in total. The SMILES string of the molecule is CCCOCCCNC(=O)Nc1cccc(F)c1C(=O)O. The summed E-state index contributed by atoms with van der Waals surface area (Å²) in [6, 6.07) is 3.10. The number of hydrogen-bond acceptors (Lipinski definition) is 3. The lowest BCUT2D eigenvalue weighted by Gasteiger charge is -2.10. The van der Waals surface area contributed by atoms with Crippen molar-refractivity contribution in [2.24, 2.45) is 0 Å². The van der Waals surface area contributed by atoms with E-state index in [0.29, 0.717) is 26.2 Å². The van der Waals surface area contributed by atoms with Crippen molar-refractivity contribution in [2.75, 3.05) is 25.1 Å². The number of halogens is 1. The van der Waals surface area contributed by atoms with Gasteiger partial charge in [0.1, 0.15) is 11.4 Å². The van der Waals surface area contributed by atoms with Crippen molar-refractivity contribution < 1.29 is 23.8 Å². The van der Waals surface area contributed by atoms with Crippen LogP contribution < -0.4 is 10.6 Å². The van der Waals surface area contributed by atoms with E-state index < -0.39 is 23.4 Å². The van der Waals surface area contributed by atoms with Crippen molar-refractivity contribution in [3.05, 3.63) is 29.6 Å². The van der Waals surface area contributed by atoms with Gasteiger partial charge in [0.05, 0.1) is 5.69 Å². The van der Waals surface area contributed by atoms with Crippen LogP contribution in [0.25, 0.3) is 0 Å². The minimum atomic E-state index is -1.43. The van der Waals surface area contributed by atoms with Crippen molar-refractivity contribution >= 4 is 17.7 Å². The lowest BCUT2D eigenvalue weighted by molar-refractivity contribution is 0.0693. The summed E-state index contributed by atoms with van der Waals surface area (Å²) in [6.07, 6.45) is 1.58. The summed E-state index contributed by atoms with van der Waals surface area (Å²) in [7, 11) is 0. The maximum atomic E-state index is 13.4. The standard InChI is InChI=1S/C14H19FN2O4/c1-2-8-21-9-4-7-16-14(20)17-11-6-3-5-10(15)12(11)13(18)19/h3,5-6H,2,4,7-9H2,1H3,(H,18,19)(H2,16,17,20). The molecule has 1 rings (SSSR count). The molecule has 0 aromatic heterocycles.